The highest BCUT2D eigenvalue weighted by molar-refractivity contribution is 5.87. The van der Waals surface area contributed by atoms with Gasteiger partial charge in [0.25, 0.3) is 0 Å². The van der Waals surface area contributed by atoms with Gasteiger partial charge in [-0.3, -0.25) is 9.59 Å². The van der Waals surface area contributed by atoms with E-state index in [0.717, 1.165) is 32.4 Å². The Morgan fingerprint density at radius 3 is 2.28 bits per heavy atom. The van der Waals surface area contributed by atoms with E-state index in [2.05, 4.69) is 36.5 Å². The van der Waals surface area contributed by atoms with Crippen LogP contribution in [0.3, 0.4) is 0 Å². The van der Waals surface area contributed by atoms with Crippen molar-refractivity contribution >= 4 is 11.8 Å². The number of piperidine rings is 1. The van der Waals surface area contributed by atoms with Crippen molar-refractivity contribution in [2.24, 2.45) is 11.8 Å². The molecule has 0 saturated carbocycles. The number of nitrogens with zero attached hydrogens (tertiary/aromatic N) is 1. The maximum atomic E-state index is 12.7. The lowest BCUT2D eigenvalue weighted by molar-refractivity contribution is -0.138. The first-order valence-corrected chi connectivity index (χ1v) is 9.48. The third kappa shape index (κ3) is 5.87. The predicted octanol–water partition coefficient (Wildman–Crippen LogP) is 3.33. The number of aryl methyl sites for hydroxylation is 2. The van der Waals surface area contributed by atoms with E-state index >= 15 is 0 Å². The molecule has 0 radical (unpaired) electrons. The summed E-state index contributed by atoms with van der Waals surface area (Å²) in [7, 11) is 0. The van der Waals surface area contributed by atoms with Crippen molar-refractivity contribution in [1.29, 1.82) is 0 Å². The van der Waals surface area contributed by atoms with Gasteiger partial charge in [-0.05, 0) is 50.0 Å². The number of benzene rings is 1. The molecule has 1 aliphatic rings. The number of amides is 2. The van der Waals surface area contributed by atoms with Crippen LogP contribution in [-0.2, 0) is 16.0 Å². The molecule has 1 aliphatic heterocycles. The minimum Gasteiger partial charge on any atom is -0.344 e. The Kier molecular flexibility index (Phi) is 7.03. The van der Waals surface area contributed by atoms with E-state index in [4.69, 9.17) is 0 Å². The quantitative estimate of drug-likeness (QED) is 0.860. The normalized spacial score (nSPS) is 16.8. The molecule has 0 aliphatic carbocycles. The van der Waals surface area contributed by atoms with E-state index in [1.165, 1.54) is 24.5 Å². The molecule has 1 aromatic rings. The van der Waals surface area contributed by atoms with E-state index in [-0.39, 0.29) is 17.7 Å². The summed E-state index contributed by atoms with van der Waals surface area (Å²) in [6, 6.07) is 8.38. The van der Waals surface area contributed by atoms with Crippen molar-refractivity contribution in [3.63, 3.8) is 0 Å². The summed E-state index contributed by atoms with van der Waals surface area (Å²) in [5.41, 5.74) is 2.70. The molecule has 1 aromatic carbocycles. The van der Waals surface area contributed by atoms with Gasteiger partial charge in [0.15, 0.2) is 0 Å². The van der Waals surface area contributed by atoms with Gasteiger partial charge in [0.2, 0.25) is 11.8 Å². The van der Waals surface area contributed by atoms with Gasteiger partial charge in [-0.1, -0.05) is 43.7 Å². The van der Waals surface area contributed by atoms with Crippen LogP contribution >= 0.6 is 0 Å². The molecule has 1 N–H and O–H groups in total. The van der Waals surface area contributed by atoms with Gasteiger partial charge in [0.05, 0.1) is 0 Å². The van der Waals surface area contributed by atoms with Crippen LogP contribution in [0.15, 0.2) is 24.3 Å². The molecule has 2 amide bonds. The number of hydrogen-bond donors (Lipinski definition) is 1. The first kappa shape index (κ1) is 19.5. The third-order valence-electron chi connectivity index (χ3n) is 5.18. The highest BCUT2D eigenvalue weighted by Crippen LogP contribution is 2.23. The van der Waals surface area contributed by atoms with Crippen molar-refractivity contribution in [2.45, 2.75) is 59.4 Å². The summed E-state index contributed by atoms with van der Waals surface area (Å²) in [4.78, 5) is 26.0. The van der Waals surface area contributed by atoms with Crippen molar-refractivity contribution in [3.05, 3.63) is 35.4 Å². The Labute approximate surface area is 152 Å². The Morgan fingerprint density at radius 1 is 1.16 bits per heavy atom. The van der Waals surface area contributed by atoms with Crippen LogP contribution in [-0.4, -0.2) is 35.8 Å². The molecule has 0 aromatic heterocycles. The van der Waals surface area contributed by atoms with Crippen LogP contribution in [0.2, 0.25) is 0 Å². The van der Waals surface area contributed by atoms with Crippen LogP contribution in [0.4, 0.5) is 0 Å². The van der Waals surface area contributed by atoms with Crippen LogP contribution < -0.4 is 5.32 Å². The number of carbonyl (C=O) groups excluding carboxylic acids is 2. The molecule has 1 saturated heterocycles. The van der Waals surface area contributed by atoms with Crippen LogP contribution in [0.1, 0.15) is 51.2 Å². The minimum atomic E-state index is -0.401. The van der Waals surface area contributed by atoms with Crippen LogP contribution in [0, 0.1) is 18.8 Å². The lowest BCUT2D eigenvalue weighted by Crippen LogP contribution is -2.52. The lowest BCUT2D eigenvalue weighted by Gasteiger charge is -2.35. The standard InChI is InChI=1S/C21H32N2O2/c1-15(2)20(22-17(4)24)21(25)23-13-11-19(12-14-23)10-9-18-7-5-16(3)6-8-18/h5-8,15,19-20H,9-14H2,1-4H3,(H,22,24)/t20-/m0/s1. The number of nitrogens with one attached hydrogen (secondary N) is 1. The molecule has 4 heteroatoms. The van der Waals surface area contributed by atoms with E-state index < -0.39 is 6.04 Å². The summed E-state index contributed by atoms with van der Waals surface area (Å²) in [6.07, 6.45) is 4.41. The van der Waals surface area contributed by atoms with Crippen molar-refractivity contribution in [1.82, 2.24) is 10.2 Å². The van der Waals surface area contributed by atoms with Crippen molar-refractivity contribution < 1.29 is 9.59 Å². The second kappa shape index (κ2) is 9.02. The maximum absolute atomic E-state index is 12.7. The van der Waals surface area contributed by atoms with Gasteiger partial charge in [0.1, 0.15) is 6.04 Å². The van der Waals surface area contributed by atoms with Gasteiger partial charge >= 0.3 is 0 Å². The summed E-state index contributed by atoms with van der Waals surface area (Å²) in [6.45, 7) is 9.15. The Balaban J connectivity index is 1.80. The maximum Gasteiger partial charge on any atom is 0.245 e. The first-order chi connectivity index (χ1) is 11.9. The van der Waals surface area contributed by atoms with Gasteiger partial charge in [0, 0.05) is 20.0 Å². The fourth-order valence-corrected chi connectivity index (χ4v) is 3.50. The van der Waals surface area contributed by atoms with Crippen molar-refractivity contribution in [2.75, 3.05) is 13.1 Å². The minimum absolute atomic E-state index is 0.0715. The fraction of sp³-hybridized carbons (Fsp3) is 0.619. The van der Waals surface area contributed by atoms with Gasteiger partial charge < -0.3 is 10.2 Å². The molecule has 1 heterocycles. The number of hydrogen-bond acceptors (Lipinski definition) is 2. The van der Waals surface area contributed by atoms with Gasteiger partial charge in [-0.25, -0.2) is 0 Å². The summed E-state index contributed by atoms with van der Waals surface area (Å²) in [5.74, 6) is 0.724. The van der Waals surface area contributed by atoms with Crippen molar-refractivity contribution in [3.8, 4) is 0 Å². The number of carbonyl (C=O) groups is 2. The molecule has 4 nitrogen and oxygen atoms in total. The summed E-state index contributed by atoms with van der Waals surface area (Å²) >= 11 is 0. The molecular formula is C21H32N2O2. The molecule has 0 unspecified atom stereocenters. The lowest BCUT2D eigenvalue weighted by atomic mass is 9.89. The van der Waals surface area contributed by atoms with Gasteiger partial charge in [-0.15, -0.1) is 0 Å². The summed E-state index contributed by atoms with van der Waals surface area (Å²) < 4.78 is 0. The van der Waals surface area contributed by atoms with E-state index in [1.807, 2.05) is 18.7 Å². The summed E-state index contributed by atoms with van der Waals surface area (Å²) in [5, 5.41) is 2.81. The second-order valence-corrected chi connectivity index (χ2v) is 7.72. The monoisotopic (exact) mass is 344 g/mol. The Bertz CT molecular complexity index is 572. The fourth-order valence-electron chi connectivity index (χ4n) is 3.50. The first-order valence-electron chi connectivity index (χ1n) is 9.48. The predicted molar refractivity (Wildman–Crippen MR) is 101 cm³/mol. The average Bonchev–Trinajstić information content (AvgIpc) is 2.59. The molecule has 0 spiro atoms. The van der Waals surface area contributed by atoms with Gasteiger partial charge in [-0.2, -0.15) is 0 Å². The zero-order valence-corrected chi connectivity index (χ0v) is 16.0. The largest absolute Gasteiger partial charge is 0.344 e. The highest BCUT2D eigenvalue weighted by atomic mass is 16.2. The Morgan fingerprint density at radius 2 is 1.76 bits per heavy atom. The molecular weight excluding hydrogens is 312 g/mol. The zero-order valence-electron chi connectivity index (χ0n) is 16.0. The molecule has 1 atom stereocenters. The van der Waals surface area contributed by atoms with E-state index in [0.29, 0.717) is 5.92 Å². The topological polar surface area (TPSA) is 49.4 Å². The van der Waals surface area contributed by atoms with E-state index in [1.54, 1.807) is 0 Å². The average molecular weight is 344 g/mol. The van der Waals surface area contributed by atoms with Crippen LogP contribution in [0.25, 0.3) is 0 Å². The molecule has 0 bridgehead atoms. The van der Waals surface area contributed by atoms with E-state index in [9.17, 15) is 9.59 Å². The number of likely N-dealkylation sites (tertiary alicyclic amines) is 1. The zero-order chi connectivity index (χ0) is 18.4. The second-order valence-electron chi connectivity index (χ2n) is 7.72. The molecule has 1 fully saturated rings. The van der Waals surface area contributed by atoms with Crippen LogP contribution in [0.5, 0.6) is 0 Å². The molecule has 25 heavy (non-hydrogen) atoms. The molecule has 138 valence electrons. The molecule has 2 rings (SSSR count). The smallest absolute Gasteiger partial charge is 0.245 e. The third-order valence-corrected chi connectivity index (χ3v) is 5.18. The SMILES string of the molecule is CC(=O)N[C@H](C(=O)N1CCC(CCc2ccc(C)cc2)CC1)C(C)C. The Hall–Kier alpha value is -1.84. The number of rotatable bonds is 6. The highest BCUT2D eigenvalue weighted by Gasteiger charge is 2.30.